The summed E-state index contributed by atoms with van der Waals surface area (Å²) in [5, 5.41) is 6.09. The Morgan fingerprint density at radius 1 is 1.33 bits per heavy atom. The van der Waals surface area contributed by atoms with Gasteiger partial charge in [-0.3, -0.25) is 4.79 Å². The van der Waals surface area contributed by atoms with Crippen LogP contribution < -0.4 is 10.6 Å². The van der Waals surface area contributed by atoms with E-state index in [4.69, 9.17) is 11.6 Å². The molecule has 0 radical (unpaired) electrons. The van der Waals surface area contributed by atoms with Crippen LogP contribution in [0.5, 0.6) is 0 Å². The molecule has 0 saturated heterocycles. The highest BCUT2D eigenvalue weighted by molar-refractivity contribution is 6.30. The van der Waals surface area contributed by atoms with Crippen molar-refractivity contribution in [3.63, 3.8) is 0 Å². The molecular weight excluding hydrogens is 255 g/mol. The second-order valence-electron chi connectivity index (χ2n) is 4.57. The van der Waals surface area contributed by atoms with Crippen LogP contribution in [0.3, 0.4) is 0 Å². The molecular formula is C13H16ClFN2O. The number of hydrogen-bond donors (Lipinski definition) is 2. The van der Waals surface area contributed by atoms with Gasteiger partial charge in [-0.1, -0.05) is 24.4 Å². The third kappa shape index (κ3) is 3.96. The van der Waals surface area contributed by atoms with Crippen LogP contribution >= 0.6 is 11.6 Å². The average Bonchev–Trinajstić information content (AvgIpc) is 2.77. The van der Waals surface area contributed by atoms with Crippen LogP contribution in [0.2, 0.25) is 5.02 Å². The first-order valence-electron chi connectivity index (χ1n) is 6.13. The molecule has 2 N–H and O–H groups in total. The Labute approximate surface area is 111 Å². The Morgan fingerprint density at radius 2 is 2.06 bits per heavy atom. The lowest BCUT2D eigenvalue weighted by molar-refractivity contribution is -0.115. The summed E-state index contributed by atoms with van der Waals surface area (Å²) in [7, 11) is 0. The van der Waals surface area contributed by atoms with Crippen LogP contribution in [0.4, 0.5) is 10.1 Å². The van der Waals surface area contributed by atoms with Crippen molar-refractivity contribution in [2.75, 3.05) is 11.9 Å². The molecule has 3 nitrogen and oxygen atoms in total. The molecule has 2 rings (SSSR count). The van der Waals surface area contributed by atoms with Gasteiger partial charge in [-0.15, -0.1) is 0 Å². The van der Waals surface area contributed by atoms with Gasteiger partial charge in [-0.2, -0.15) is 0 Å². The van der Waals surface area contributed by atoms with E-state index in [0.717, 1.165) is 12.8 Å². The second-order valence-corrected chi connectivity index (χ2v) is 5.01. The van der Waals surface area contributed by atoms with Crippen molar-refractivity contribution in [1.29, 1.82) is 0 Å². The standard InChI is InChI=1S/C13H16ClFN2O/c14-9-5-10(15)7-12(6-9)17-13(18)8-16-11-3-1-2-4-11/h5-7,11,16H,1-4,8H2,(H,17,18). The summed E-state index contributed by atoms with van der Waals surface area (Å²) in [5.74, 6) is -0.634. The number of amides is 1. The highest BCUT2D eigenvalue weighted by atomic mass is 35.5. The van der Waals surface area contributed by atoms with E-state index in [9.17, 15) is 9.18 Å². The minimum absolute atomic E-state index is 0.177. The number of halogens is 2. The van der Waals surface area contributed by atoms with E-state index < -0.39 is 5.82 Å². The monoisotopic (exact) mass is 270 g/mol. The van der Waals surface area contributed by atoms with Crippen molar-refractivity contribution in [3.05, 3.63) is 29.0 Å². The lowest BCUT2D eigenvalue weighted by Crippen LogP contribution is -2.34. The smallest absolute Gasteiger partial charge is 0.238 e. The molecule has 0 aromatic heterocycles. The largest absolute Gasteiger partial charge is 0.325 e. The SMILES string of the molecule is O=C(CNC1CCCC1)Nc1cc(F)cc(Cl)c1. The number of hydrogen-bond acceptors (Lipinski definition) is 2. The van der Waals surface area contributed by atoms with Gasteiger partial charge < -0.3 is 10.6 Å². The summed E-state index contributed by atoms with van der Waals surface area (Å²) in [6, 6.07) is 4.41. The predicted octanol–water partition coefficient (Wildman–Crippen LogP) is 2.95. The average molecular weight is 271 g/mol. The van der Waals surface area contributed by atoms with Crippen LogP contribution in [0.1, 0.15) is 25.7 Å². The maximum atomic E-state index is 13.1. The van der Waals surface area contributed by atoms with E-state index in [-0.39, 0.29) is 17.5 Å². The third-order valence-electron chi connectivity index (χ3n) is 3.05. The summed E-state index contributed by atoms with van der Waals surface area (Å²) in [4.78, 5) is 11.7. The zero-order chi connectivity index (χ0) is 13.0. The van der Waals surface area contributed by atoms with Crippen LogP contribution in [0.15, 0.2) is 18.2 Å². The lowest BCUT2D eigenvalue weighted by atomic mass is 10.2. The van der Waals surface area contributed by atoms with Crippen molar-refractivity contribution < 1.29 is 9.18 Å². The van der Waals surface area contributed by atoms with Crippen molar-refractivity contribution in [3.8, 4) is 0 Å². The Hall–Kier alpha value is -1.13. The highest BCUT2D eigenvalue weighted by Crippen LogP contribution is 2.19. The number of carbonyl (C=O) groups excluding carboxylic acids is 1. The van der Waals surface area contributed by atoms with Gasteiger partial charge in [0.15, 0.2) is 0 Å². The van der Waals surface area contributed by atoms with E-state index in [1.54, 1.807) is 0 Å². The van der Waals surface area contributed by atoms with Gasteiger partial charge in [-0.25, -0.2) is 4.39 Å². The van der Waals surface area contributed by atoms with Crippen LogP contribution in [0.25, 0.3) is 0 Å². The van der Waals surface area contributed by atoms with Gasteiger partial charge in [-0.05, 0) is 31.0 Å². The van der Waals surface area contributed by atoms with E-state index >= 15 is 0 Å². The molecule has 1 aromatic carbocycles. The third-order valence-corrected chi connectivity index (χ3v) is 3.27. The quantitative estimate of drug-likeness (QED) is 0.883. The molecule has 0 bridgehead atoms. The Kier molecular flexibility index (Phi) is 4.55. The van der Waals surface area contributed by atoms with Gasteiger partial charge in [0.2, 0.25) is 5.91 Å². The number of nitrogens with one attached hydrogen (secondary N) is 2. The molecule has 1 saturated carbocycles. The molecule has 0 atom stereocenters. The molecule has 0 heterocycles. The molecule has 1 aliphatic carbocycles. The van der Waals surface area contributed by atoms with Crippen LogP contribution in [0, 0.1) is 5.82 Å². The number of rotatable bonds is 4. The minimum atomic E-state index is -0.457. The summed E-state index contributed by atoms with van der Waals surface area (Å²) >= 11 is 5.71. The summed E-state index contributed by atoms with van der Waals surface area (Å²) in [6.45, 7) is 0.249. The van der Waals surface area contributed by atoms with Gasteiger partial charge in [0, 0.05) is 16.8 Å². The number of carbonyl (C=O) groups is 1. The fourth-order valence-electron chi connectivity index (χ4n) is 2.20. The van der Waals surface area contributed by atoms with Crippen LogP contribution in [-0.4, -0.2) is 18.5 Å². The van der Waals surface area contributed by atoms with Crippen molar-refractivity contribution in [1.82, 2.24) is 5.32 Å². The maximum Gasteiger partial charge on any atom is 0.238 e. The summed E-state index contributed by atoms with van der Waals surface area (Å²) < 4.78 is 13.1. The summed E-state index contributed by atoms with van der Waals surface area (Å²) in [6.07, 6.45) is 4.69. The molecule has 0 unspecified atom stereocenters. The fraction of sp³-hybridized carbons (Fsp3) is 0.462. The Bertz CT molecular complexity index is 413. The Balaban J connectivity index is 1.82. The van der Waals surface area contributed by atoms with Crippen molar-refractivity contribution in [2.24, 2.45) is 0 Å². The van der Waals surface area contributed by atoms with E-state index in [2.05, 4.69) is 10.6 Å². The molecule has 1 aromatic rings. The summed E-state index contributed by atoms with van der Waals surface area (Å²) in [5.41, 5.74) is 0.387. The maximum absolute atomic E-state index is 13.1. The topological polar surface area (TPSA) is 41.1 Å². The number of anilines is 1. The van der Waals surface area contributed by atoms with Crippen LogP contribution in [-0.2, 0) is 4.79 Å². The van der Waals surface area contributed by atoms with Gasteiger partial charge >= 0.3 is 0 Å². The molecule has 1 aliphatic rings. The molecule has 1 amide bonds. The van der Waals surface area contributed by atoms with Crippen molar-refractivity contribution in [2.45, 2.75) is 31.7 Å². The first-order valence-corrected chi connectivity index (χ1v) is 6.50. The van der Waals surface area contributed by atoms with E-state index in [1.165, 1.54) is 31.0 Å². The first kappa shape index (κ1) is 13.3. The fourth-order valence-corrected chi connectivity index (χ4v) is 2.42. The first-order chi connectivity index (χ1) is 8.63. The van der Waals surface area contributed by atoms with Crippen molar-refractivity contribution >= 4 is 23.2 Å². The minimum Gasteiger partial charge on any atom is -0.325 e. The van der Waals surface area contributed by atoms with Gasteiger partial charge in [0.25, 0.3) is 0 Å². The van der Waals surface area contributed by atoms with E-state index in [0.29, 0.717) is 11.7 Å². The normalized spacial score (nSPS) is 15.9. The number of benzene rings is 1. The lowest BCUT2D eigenvalue weighted by Gasteiger charge is -2.11. The predicted molar refractivity (Wildman–Crippen MR) is 70.3 cm³/mol. The Morgan fingerprint density at radius 3 is 2.72 bits per heavy atom. The molecule has 1 fully saturated rings. The van der Waals surface area contributed by atoms with E-state index in [1.807, 2.05) is 0 Å². The van der Waals surface area contributed by atoms with Gasteiger partial charge in [0.1, 0.15) is 5.82 Å². The molecule has 5 heteroatoms. The molecule has 18 heavy (non-hydrogen) atoms. The molecule has 0 aliphatic heterocycles. The highest BCUT2D eigenvalue weighted by Gasteiger charge is 2.15. The second kappa shape index (κ2) is 6.16. The zero-order valence-electron chi connectivity index (χ0n) is 10.0. The molecule has 0 spiro atoms. The zero-order valence-corrected chi connectivity index (χ0v) is 10.8. The van der Waals surface area contributed by atoms with Gasteiger partial charge in [0.05, 0.1) is 6.54 Å². The molecule has 98 valence electrons.